The van der Waals surface area contributed by atoms with E-state index in [-0.39, 0.29) is 0 Å². The van der Waals surface area contributed by atoms with Crippen molar-refractivity contribution in [2.75, 3.05) is 10.5 Å². The van der Waals surface area contributed by atoms with E-state index >= 15 is 0 Å². The molecule has 2 nitrogen and oxygen atoms in total. The lowest BCUT2D eigenvalue weighted by Gasteiger charge is -2.10. The van der Waals surface area contributed by atoms with Crippen LogP contribution >= 0.6 is 0 Å². The molecule has 15 heavy (non-hydrogen) atoms. The average molecular weight is 202 g/mol. The molecule has 0 bridgehead atoms. The van der Waals surface area contributed by atoms with Crippen LogP contribution in [0, 0.1) is 5.92 Å². The van der Waals surface area contributed by atoms with Crippen LogP contribution in [0.3, 0.4) is 0 Å². The van der Waals surface area contributed by atoms with Gasteiger partial charge in [-0.25, -0.2) is 0 Å². The molecule has 0 radical (unpaired) electrons. The maximum atomic E-state index is 3.50. The Bertz CT molecular complexity index is 302. The Hall–Kier alpha value is -1.12. The summed E-state index contributed by atoms with van der Waals surface area (Å²) in [6.07, 6.45) is 3.76. The van der Waals surface area contributed by atoms with Crippen molar-refractivity contribution in [3.05, 3.63) is 24.3 Å². The molecule has 0 saturated heterocycles. The maximum absolute atomic E-state index is 3.50. The van der Waals surface area contributed by atoms with Gasteiger partial charge in [0.15, 0.2) is 0 Å². The molecular weight excluding hydrogens is 183 g/mol. The second-order valence-corrected chi connectivity index (χ2v) is 4.48. The molecule has 1 aromatic carbocycles. The molecule has 1 aromatic rings. The van der Waals surface area contributed by atoms with Crippen molar-refractivity contribution >= 4 is 18.4 Å². The third-order valence-corrected chi connectivity index (χ3v) is 3.23. The quantitative estimate of drug-likeness (QED) is 0.730. The van der Waals surface area contributed by atoms with Crippen molar-refractivity contribution in [1.29, 1.82) is 0 Å². The number of fused-ring (bicyclic) bond motifs is 1. The largest absolute Gasteiger partial charge is 0.408 e. The van der Waals surface area contributed by atoms with Gasteiger partial charge in [-0.05, 0) is 24.4 Å². The van der Waals surface area contributed by atoms with Gasteiger partial charge in [0.2, 0.25) is 0 Å². The van der Waals surface area contributed by atoms with Gasteiger partial charge in [-0.15, -0.1) is 0 Å². The van der Waals surface area contributed by atoms with Gasteiger partial charge in [0.25, 0.3) is 0 Å². The minimum Gasteiger partial charge on any atom is -0.408 e. The first kappa shape index (κ1) is 10.4. The minimum atomic E-state index is 0.427. The van der Waals surface area contributed by atoms with Gasteiger partial charge >= 0.3 is 6.98 Å². The van der Waals surface area contributed by atoms with E-state index in [1.54, 1.807) is 0 Å². The van der Waals surface area contributed by atoms with Gasteiger partial charge in [-0.1, -0.05) is 38.8 Å². The van der Waals surface area contributed by atoms with E-state index in [1.807, 2.05) is 0 Å². The van der Waals surface area contributed by atoms with E-state index in [0.29, 0.717) is 6.98 Å². The highest BCUT2D eigenvalue weighted by atomic mass is 15.0. The number of hydrogen-bond donors (Lipinski definition) is 2. The van der Waals surface area contributed by atoms with E-state index < -0.39 is 0 Å². The monoisotopic (exact) mass is 202 g/mol. The van der Waals surface area contributed by atoms with Crippen LogP contribution in [0.4, 0.5) is 11.4 Å². The number of hydrogen-bond acceptors (Lipinski definition) is 2. The van der Waals surface area contributed by atoms with Crippen LogP contribution in [-0.4, -0.2) is 6.98 Å². The summed E-state index contributed by atoms with van der Waals surface area (Å²) in [6.45, 7) is 5.01. The van der Waals surface area contributed by atoms with Crippen molar-refractivity contribution < 1.29 is 0 Å². The summed E-state index contributed by atoms with van der Waals surface area (Å²) in [6, 6.07) is 8.41. The zero-order chi connectivity index (χ0) is 10.7. The lowest BCUT2D eigenvalue weighted by atomic mass is 9.71. The Labute approximate surface area is 92.6 Å². The van der Waals surface area contributed by atoms with Gasteiger partial charge in [-0.2, -0.15) is 0 Å². The fourth-order valence-corrected chi connectivity index (χ4v) is 1.95. The number of para-hydroxylation sites is 2. The molecule has 0 saturated carbocycles. The van der Waals surface area contributed by atoms with Crippen LogP contribution in [0.2, 0.25) is 6.32 Å². The maximum Gasteiger partial charge on any atom is 0.370 e. The van der Waals surface area contributed by atoms with Crippen LogP contribution in [0.1, 0.15) is 26.7 Å². The van der Waals surface area contributed by atoms with Crippen LogP contribution in [0.25, 0.3) is 0 Å². The summed E-state index contributed by atoms with van der Waals surface area (Å²) in [7, 11) is 0. The van der Waals surface area contributed by atoms with Crippen LogP contribution < -0.4 is 10.5 Å². The molecule has 1 heterocycles. The van der Waals surface area contributed by atoms with E-state index in [0.717, 1.165) is 5.92 Å². The van der Waals surface area contributed by atoms with Crippen molar-refractivity contribution in [3.8, 4) is 0 Å². The number of nitrogens with one attached hydrogen (secondary N) is 2. The molecule has 1 aliphatic rings. The van der Waals surface area contributed by atoms with Crippen LogP contribution in [0.5, 0.6) is 0 Å². The molecule has 1 unspecified atom stereocenters. The summed E-state index contributed by atoms with van der Waals surface area (Å²) in [5.41, 5.74) is 2.48. The van der Waals surface area contributed by atoms with Crippen molar-refractivity contribution in [2.45, 2.75) is 33.0 Å². The molecule has 2 N–H and O–H groups in total. The number of benzene rings is 1. The summed E-state index contributed by atoms with van der Waals surface area (Å²) in [4.78, 5) is 0. The Balaban J connectivity index is 1.85. The molecule has 3 heteroatoms. The highest BCUT2D eigenvalue weighted by Gasteiger charge is 2.23. The Morgan fingerprint density at radius 2 is 1.80 bits per heavy atom. The number of anilines is 2. The molecule has 80 valence electrons. The molecule has 1 atom stereocenters. The summed E-state index contributed by atoms with van der Waals surface area (Å²) in [5, 5.41) is 7.01. The second-order valence-electron chi connectivity index (χ2n) is 4.48. The summed E-state index contributed by atoms with van der Waals surface area (Å²) >= 11 is 0. The van der Waals surface area contributed by atoms with E-state index in [9.17, 15) is 0 Å². The SMILES string of the molecule is CCC(C)CCB1Nc2ccccc2N1. The van der Waals surface area contributed by atoms with Crippen LogP contribution in [0.15, 0.2) is 24.3 Å². The highest BCUT2D eigenvalue weighted by Crippen LogP contribution is 2.28. The smallest absolute Gasteiger partial charge is 0.370 e. The van der Waals surface area contributed by atoms with E-state index in [4.69, 9.17) is 0 Å². The molecular formula is C12H19BN2. The normalized spacial score (nSPS) is 15.5. The molecule has 0 amide bonds. The fraction of sp³-hybridized carbons (Fsp3) is 0.500. The van der Waals surface area contributed by atoms with Gasteiger partial charge in [0.1, 0.15) is 0 Å². The lowest BCUT2D eigenvalue weighted by molar-refractivity contribution is 0.542. The topological polar surface area (TPSA) is 24.1 Å². The molecule has 0 aromatic heterocycles. The first-order chi connectivity index (χ1) is 7.29. The van der Waals surface area contributed by atoms with Crippen LogP contribution in [-0.2, 0) is 0 Å². The van der Waals surface area contributed by atoms with Gasteiger partial charge in [0, 0.05) is 11.4 Å². The minimum absolute atomic E-state index is 0.427. The lowest BCUT2D eigenvalue weighted by Crippen LogP contribution is -2.28. The average Bonchev–Trinajstić information content (AvgIpc) is 2.68. The second kappa shape index (κ2) is 4.60. The molecule has 1 aliphatic heterocycles. The first-order valence-corrected chi connectivity index (χ1v) is 5.91. The van der Waals surface area contributed by atoms with E-state index in [2.05, 4.69) is 48.6 Å². The van der Waals surface area contributed by atoms with Gasteiger partial charge in [-0.3, -0.25) is 0 Å². The van der Waals surface area contributed by atoms with Crippen molar-refractivity contribution in [1.82, 2.24) is 0 Å². The predicted octanol–water partition coefficient (Wildman–Crippen LogP) is 3.45. The zero-order valence-electron chi connectivity index (χ0n) is 9.59. The van der Waals surface area contributed by atoms with Crippen molar-refractivity contribution in [3.63, 3.8) is 0 Å². The first-order valence-electron chi connectivity index (χ1n) is 5.91. The third-order valence-electron chi connectivity index (χ3n) is 3.23. The Morgan fingerprint density at radius 1 is 1.20 bits per heavy atom. The zero-order valence-corrected chi connectivity index (χ0v) is 9.59. The summed E-state index contributed by atoms with van der Waals surface area (Å²) < 4.78 is 0. The standard InChI is InChI=1S/C12H19BN2/c1-3-10(2)8-9-13-14-11-6-4-5-7-12(11)15-13/h4-7,10,14-15H,3,8-9H2,1-2H3. The van der Waals surface area contributed by atoms with Crippen molar-refractivity contribution in [2.24, 2.45) is 5.92 Å². The van der Waals surface area contributed by atoms with Gasteiger partial charge < -0.3 is 10.5 Å². The highest BCUT2D eigenvalue weighted by molar-refractivity contribution is 6.68. The fourth-order valence-electron chi connectivity index (χ4n) is 1.95. The third kappa shape index (κ3) is 2.47. The Morgan fingerprint density at radius 3 is 2.33 bits per heavy atom. The Kier molecular flexibility index (Phi) is 3.19. The molecule has 0 fully saturated rings. The van der Waals surface area contributed by atoms with E-state index in [1.165, 1.54) is 30.5 Å². The molecule has 0 spiro atoms. The number of rotatable bonds is 4. The summed E-state index contributed by atoms with van der Waals surface area (Å²) in [5.74, 6) is 0.831. The molecule has 0 aliphatic carbocycles. The van der Waals surface area contributed by atoms with Gasteiger partial charge in [0.05, 0.1) is 0 Å². The predicted molar refractivity (Wildman–Crippen MR) is 68.3 cm³/mol. The molecule has 2 rings (SSSR count).